The Hall–Kier alpha value is -1.90. The van der Waals surface area contributed by atoms with Gasteiger partial charge in [-0.3, -0.25) is 4.79 Å². The van der Waals surface area contributed by atoms with Crippen molar-refractivity contribution in [3.63, 3.8) is 0 Å². The first kappa shape index (κ1) is 18.9. The molecule has 0 spiro atoms. The number of rotatable bonds is 5. The quantitative estimate of drug-likeness (QED) is 0.781. The molecule has 0 N–H and O–H groups in total. The van der Waals surface area contributed by atoms with Gasteiger partial charge in [0.05, 0.1) is 0 Å². The number of benzene rings is 1. The molecule has 0 aliphatic carbocycles. The van der Waals surface area contributed by atoms with Gasteiger partial charge in [0.15, 0.2) is 6.10 Å². The van der Waals surface area contributed by atoms with E-state index in [0.717, 1.165) is 5.56 Å². The second-order valence-electron chi connectivity index (χ2n) is 6.24. The number of ether oxygens (including phenoxy) is 1. The normalized spacial score (nSPS) is 17.1. The van der Waals surface area contributed by atoms with Crippen LogP contribution in [0.15, 0.2) is 46.0 Å². The summed E-state index contributed by atoms with van der Waals surface area (Å²) in [4.78, 5) is 14.3. The van der Waals surface area contributed by atoms with Crippen molar-refractivity contribution >= 4 is 27.3 Å². The molecule has 6 nitrogen and oxygen atoms in total. The molecule has 2 heterocycles. The zero-order valence-electron chi connectivity index (χ0n) is 14.8. The van der Waals surface area contributed by atoms with E-state index in [2.05, 4.69) is 0 Å². The van der Waals surface area contributed by atoms with E-state index >= 15 is 0 Å². The molecular formula is C18H22N2O4S2. The van der Waals surface area contributed by atoms with Crippen molar-refractivity contribution < 1.29 is 17.9 Å². The second-order valence-corrected chi connectivity index (χ2v) is 9.35. The van der Waals surface area contributed by atoms with Crippen LogP contribution < -0.4 is 4.74 Å². The highest BCUT2D eigenvalue weighted by Gasteiger charge is 2.32. The van der Waals surface area contributed by atoms with Crippen LogP contribution in [0.1, 0.15) is 12.5 Å². The van der Waals surface area contributed by atoms with Crippen LogP contribution in [0.4, 0.5) is 0 Å². The topological polar surface area (TPSA) is 66.9 Å². The molecule has 1 aliphatic heterocycles. The fourth-order valence-corrected chi connectivity index (χ4v) is 5.45. The molecule has 1 fully saturated rings. The Bertz CT molecular complexity index is 857. The number of amides is 1. The summed E-state index contributed by atoms with van der Waals surface area (Å²) in [6, 6.07) is 10.9. The molecule has 8 heteroatoms. The summed E-state index contributed by atoms with van der Waals surface area (Å²) in [5.41, 5.74) is 1.06. The van der Waals surface area contributed by atoms with Crippen LogP contribution in [0.5, 0.6) is 5.75 Å². The van der Waals surface area contributed by atoms with E-state index in [9.17, 15) is 13.2 Å². The third kappa shape index (κ3) is 4.08. The van der Waals surface area contributed by atoms with Gasteiger partial charge in [0.1, 0.15) is 9.96 Å². The molecule has 1 amide bonds. The predicted molar refractivity (Wildman–Crippen MR) is 101 cm³/mol. The van der Waals surface area contributed by atoms with Crippen molar-refractivity contribution in [1.82, 2.24) is 9.21 Å². The number of hydrogen-bond acceptors (Lipinski definition) is 5. The number of sulfonamides is 1. The van der Waals surface area contributed by atoms with Gasteiger partial charge in [-0.25, -0.2) is 8.42 Å². The molecule has 1 atom stereocenters. The van der Waals surface area contributed by atoms with Crippen molar-refractivity contribution in [1.29, 1.82) is 0 Å². The fraction of sp³-hybridized carbons (Fsp3) is 0.389. The van der Waals surface area contributed by atoms with Gasteiger partial charge in [-0.2, -0.15) is 4.31 Å². The molecule has 0 bridgehead atoms. The lowest BCUT2D eigenvalue weighted by molar-refractivity contribution is -0.139. The number of carbonyl (C=O) groups is 1. The number of carbonyl (C=O) groups excluding carboxylic acids is 1. The zero-order chi connectivity index (χ0) is 18.7. The smallest absolute Gasteiger partial charge is 0.263 e. The van der Waals surface area contributed by atoms with Gasteiger partial charge in [0.25, 0.3) is 15.9 Å². The second kappa shape index (κ2) is 7.77. The van der Waals surface area contributed by atoms with Gasteiger partial charge in [-0.1, -0.05) is 18.2 Å². The average Bonchev–Trinajstić information content (AvgIpc) is 3.17. The predicted octanol–water partition coefficient (Wildman–Crippen LogP) is 2.36. The summed E-state index contributed by atoms with van der Waals surface area (Å²) >= 11 is 1.21. The third-order valence-electron chi connectivity index (χ3n) is 4.29. The summed E-state index contributed by atoms with van der Waals surface area (Å²) in [5.74, 6) is 0.532. The Morgan fingerprint density at radius 3 is 2.50 bits per heavy atom. The van der Waals surface area contributed by atoms with E-state index in [1.165, 1.54) is 15.6 Å². The summed E-state index contributed by atoms with van der Waals surface area (Å²) in [5, 5.41) is 1.75. The minimum Gasteiger partial charge on any atom is -0.481 e. The Morgan fingerprint density at radius 2 is 1.88 bits per heavy atom. The van der Waals surface area contributed by atoms with Crippen LogP contribution in [-0.2, 0) is 14.8 Å². The van der Waals surface area contributed by atoms with Gasteiger partial charge < -0.3 is 9.64 Å². The lowest BCUT2D eigenvalue weighted by Gasteiger charge is -2.34. The minimum atomic E-state index is -3.46. The molecule has 0 saturated carbocycles. The van der Waals surface area contributed by atoms with Crippen LogP contribution in [-0.4, -0.2) is 55.8 Å². The average molecular weight is 395 g/mol. The maximum absolute atomic E-state index is 12.6. The van der Waals surface area contributed by atoms with Gasteiger partial charge in [-0.15, -0.1) is 11.3 Å². The molecule has 0 radical (unpaired) electrons. The van der Waals surface area contributed by atoms with E-state index in [1.54, 1.807) is 29.3 Å². The van der Waals surface area contributed by atoms with Crippen LogP contribution in [0, 0.1) is 6.92 Å². The van der Waals surface area contributed by atoms with Crippen molar-refractivity contribution in [2.45, 2.75) is 24.2 Å². The Labute approximate surface area is 158 Å². The SMILES string of the molecule is Cc1cccc(O[C@H](C)C(=O)N2CCN(S(=O)(=O)c3cccs3)CC2)c1. The summed E-state index contributed by atoms with van der Waals surface area (Å²) in [6.07, 6.45) is -0.614. The summed E-state index contributed by atoms with van der Waals surface area (Å²) in [6.45, 7) is 5.01. The number of nitrogens with zero attached hydrogens (tertiary/aromatic N) is 2. The van der Waals surface area contributed by atoms with Crippen LogP contribution >= 0.6 is 11.3 Å². The van der Waals surface area contributed by atoms with Crippen LogP contribution in [0.3, 0.4) is 0 Å². The fourth-order valence-electron chi connectivity index (χ4n) is 2.89. The minimum absolute atomic E-state index is 0.125. The number of thiophene rings is 1. The van der Waals surface area contributed by atoms with Crippen molar-refractivity contribution in [2.75, 3.05) is 26.2 Å². The Morgan fingerprint density at radius 1 is 1.15 bits per heavy atom. The number of aryl methyl sites for hydroxylation is 1. The van der Waals surface area contributed by atoms with Gasteiger partial charge >= 0.3 is 0 Å². The van der Waals surface area contributed by atoms with Crippen LogP contribution in [0.25, 0.3) is 0 Å². The van der Waals surface area contributed by atoms with Crippen molar-refractivity contribution in [3.8, 4) is 5.75 Å². The summed E-state index contributed by atoms with van der Waals surface area (Å²) in [7, 11) is -3.46. The van der Waals surface area contributed by atoms with E-state index in [0.29, 0.717) is 36.1 Å². The third-order valence-corrected chi connectivity index (χ3v) is 7.56. The van der Waals surface area contributed by atoms with E-state index in [-0.39, 0.29) is 5.91 Å². The largest absolute Gasteiger partial charge is 0.481 e. The highest BCUT2D eigenvalue weighted by atomic mass is 32.2. The van der Waals surface area contributed by atoms with E-state index < -0.39 is 16.1 Å². The molecule has 1 aromatic carbocycles. The maximum Gasteiger partial charge on any atom is 0.263 e. The molecule has 1 aliphatic rings. The highest BCUT2D eigenvalue weighted by molar-refractivity contribution is 7.91. The molecule has 3 rings (SSSR count). The lowest BCUT2D eigenvalue weighted by Crippen LogP contribution is -2.53. The monoisotopic (exact) mass is 394 g/mol. The first-order valence-corrected chi connectivity index (χ1v) is 10.8. The standard InChI is InChI=1S/C18H22N2O4S2/c1-14-5-3-6-16(13-14)24-15(2)18(21)19-8-10-20(11-9-19)26(22,23)17-7-4-12-25-17/h3-7,12-13,15H,8-11H2,1-2H3/t15-/m1/s1. The molecule has 1 aromatic heterocycles. The van der Waals surface area contributed by atoms with Crippen LogP contribution in [0.2, 0.25) is 0 Å². The number of piperazine rings is 1. The van der Waals surface area contributed by atoms with Crippen molar-refractivity contribution in [2.24, 2.45) is 0 Å². The van der Waals surface area contributed by atoms with E-state index in [4.69, 9.17) is 4.74 Å². The zero-order valence-corrected chi connectivity index (χ0v) is 16.4. The van der Waals surface area contributed by atoms with Gasteiger partial charge in [0, 0.05) is 26.2 Å². The number of hydrogen-bond donors (Lipinski definition) is 0. The molecule has 1 saturated heterocycles. The first-order valence-electron chi connectivity index (χ1n) is 8.44. The summed E-state index contributed by atoms with van der Waals surface area (Å²) < 4.78 is 32.6. The van der Waals surface area contributed by atoms with Crippen molar-refractivity contribution in [3.05, 3.63) is 47.3 Å². The maximum atomic E-state index is 12.6. The Kier molecular flexibility index (Phi) is 5.64. The molecule has 0 unspecified atom stereocenters. The van der Waals surface area contributed by atoms with Gasteiger partial charge in [0.2, 0.25) is 0 Å². The molecule has 140 valence electrons. The first-order chi connectivity index (χ1) is 12.4. The van der Waals surface area contributed by atoms with E-state index in [1.807, 2.05) is 31.2 Å². The Balaban J connectivity index is 1.58. The molecule has 2 aromatic rings. The molecular weight excluding hydrogens is 372 g/mol. The van der Waals surface area contributed by atoms with Gasteiger partial charge in [-0.05, 0) is 43.0 Å². The lowest BCUT2D eigenvalue weighted by atomic mass is 10.2. The molecule has 26 heavy (non-hydrogen) atoms. The highest BCUT2D eigenvalue weighted by Crippen LogP contribution is 2.22.